The van der Waals surface area contributed by atoms with E-state index in [1.165, 1.54) is 22.3 Å². The minimum atomic E-state index is -3.58. The number of methoxy groups -OCH3 is 1. The fourth-order valence-electron chi connectivity index (χ4n) is 5.00. The molecule has 0 aromatic heterocycles. The number of nitrogens with one attached hydrogen (secondary N) is 1. The molecule has 160 valence electrons. The number of piperazine rings is 1. The van der Waals surface area contributed by atoms with Gasteiger partial charge in [-0.3, -0.25) is 0 Å². The molecule has 0 saturated carbocycles. The molecular weight excluding hydrogens is 408 g/mol. The van der Waals surface area contributed by atoms with Gasteiger partial charge in [-0.1, -0.05) is 54.6 Å². The SMILES string of the molecule is COc1cccc(S(=O)(=O)N2[C@@H]3CNC[C@H]2C3c2ccc(-c3ccccc3C)cc2)c1. The number of hydrogen-bond donors (Lipinski definition) is 1. The predicted octanol–water partition coefficient (Wildman–Crippen LogP) is 3.80. The zero-order chi connectivity index (χ0) is 21.6. The van der Waals surface area contributed by atoms with E-state index in [0.717, 1.165) is 0 Å². The van der Waals surface area contributed by atoms with E-state index in [-0.39, 0.29) is 22.9 Å². The first kappa shape index (κ1) is 20.2. The van der Waals surface area contributed by atoms with Crippen molar-refractivity contribution < 1.29 is 13.2 Å². The molecule has 3 atom stereocenters. The van der Waals surface area contributed by atoms with Crippen LogP contribution < -0.4 is 10.1 Å². The van der Waals surface area contributed by atoms with Gasteiger partial charge >= 0.3 is 0 Å². The molecule has 1 unspecified atom stereocenters. The number of fused-ring (bicyclic) bond motifs is 2. The third-order valence-electron chi connectivity index (χ3n) is 6.56. The summed E-state index contributed by atoms with van der Waals surface area (Å²) in [4.78, 5) is 0.289. The largest absolute Gasteiger partial charge is 0.497 e. The topological polar surface area (TPSA) is 58.6 Å². The summed E-state index contributed by atoms with van der Waals surface area (Å²) in [6.07, 6.45) is 0. The van der Waals surface area contributed by atoms with Crippen molar-refractivity contribution in [1.82, 2.24) is 9.62 Å². The molecule has 0 aliphatic carbocycles. The maximum absolute atomic E-state index is 13.4. The Balaban J connectivity index is 1.42. The fraction of sp³-hybridized carbons (Fsp3) is 0.280. The molecule has 0 amide bonds. The number of ether oxygens (including phenoxy) is 1. The number of benzene rings is 3. The van der Waals surface area contributed by atoms with Crippen LogP contribution in [0.3, 0.4) is 0 Å². The molecule has 5 rings (SSSR count). The van der Waals surface area contributed by atoms with Crippen LogP contribution in [0.25, 0.3) is 11.1 Å². The van der Waals surface area contributed by atoms with E-state index in [0.29, 0.717) is 18.8 Å². The van der Waals surface area contributed by atoms with Gasteiger partial charge in [-0.05, 0) is 41.3 Å². The van der Waals surface area contributed by atoms with Crippen LogP contribution in [0.5, 0.6) is 5.75 Å². The molecule has 1 N–H and O–H groups in total. The van der Waals surface area contributed by atoms with E-state index in [1.54, 1.807) is 35.7 Å². The molecule has 31 heavy (non-hydrogen) atoms. The third kappa shape index (κ3) is 3.35. The molecule has 2 aliphatic rings. The fourth-order valence-corrected chi connectivity index (χ4v) is 6.88. The highest BCUT2D eigenvalue weighted by Gasteiger charge is 2.56. The number of nitrogens with zero attached hydrogens (tertiary/aromatic N) is 1. The molecule has 5 nitrogen and oxygen atoms in total. The van der Waals surface area contributed by atoms with E-state index in [2.05, 4.69) is 54.7 Å². The average Bonchev–Trinajstić information content (AvgIpc) is 2.80. The van der Waals surface area contributed by atoms with Gasteiger partial charge in [0.15, 0.2) is 0 Å². The quantitative estimate of drug-likeness (QED) is 0.664. The molecule has 0 spiro atoms. The zero-order valence-corrected chi connectivity index (χ0v) is 18.5. The van der Waals surface area contributed by atoms with Gasteiger partial charge in [0.1, 0.15) is 5.75 Å². The van der Waals surface area contributed by atoms with Gasteiger partial charge in [-0.15, -0.1) is 0 Å². The molecule has 2 heterocycles. The molecule has 2 fully saturated rings. The molecule has 2 bridgehead atoms. The molecule has 2 saturated heterocycles. The highest BCUT2D eigenvalue weighted by Crippen LogP contribution is 2.46. The van der Waals surface area contributed by atoms with E-state index < -0.39 is 10.0 Å². The van der Waals surface area contributed by atoms with Gasteiger partial charge in [0.2, 0.25) is 10.0 Å². The molecule has 2 aliphatic heterocycles. The molecule has 3 aromatic rings. The van der Waals surface area contributed by atoms with Crippen molar-refractivity contribution in [3.05, 3.63) is 83.9 Å². The second kappa shape index (κ2) is 7.79. The minimum Gasteiger partial charge on any atom is -0.497 e. The average molecular weight is 435 g/mol. The Morgan fingerprint density at radius 1 is 0.935 bits per heavy atom. The summed E-state index contributed by atoms with van der Waals surface area (Å²) in [6, 6.07) is 23.5. The number of hydrogen-bond acceptors (Lipinski definition) is 4. The number of aryl methyl sites for hydroxylation is 1. The van der Waals surface area contributed by atoms with Crippen LogP contribution in [-0.2, 0) is 10.0 Å². The zero-order valence-electron chi connectivity index (χ0n) is 17.7. The van der Waals surface area contributed by atoms with Crippen LogP contribution >= 0.6 is 0 Å². The number of sulfonamides is 1. The standard InChI is InChI=1S/C25H26N2O3S/c1-17-6-3-4-9-22(17)18-10-12-19(13-11-18)25-23-15-26-16-24(25)27(23)31(28,29)21-8-5-7-20(14-21)30-2/h3-14,23-26H,15-16H2,1-2H3/t23-,24+,25?. The lowest BCUT2D eigenvalue weighted by molar-refractivity contribution is 0.0370. The highest BCUT2D eigenvalue weighted by molar-refractivity contribution is 7.89. The van der Waals surface area contributed by atoms with Crippen molar-refractivity contribution in [2.45, 2.75) is 29.8 Å². The predicted molar refractivity (Wildman–Crippen MR) is 122 cm³/mol. The maximum atomic E-state index is 13.4. The molecule has 0 radical (unpaired) electrons. The Bertz CT molecular complexity index is 1200. The lowest BCUT2D eigenvalue weighted by atomic mass is 9.74. The van der Waals surface area contributed by atoms with Crippen LogP contribution in [0, 0.1) is 6.92 Å². The van der Waals surface area contributed by atoms with Crippen LogP contribution in [0.15, 0.2) is 77.7 Å². The molecule has 3 aromatic carbocycles. The summed E-state index contributed by atoms with van der Waals surface area (Å²) in [5.41, 5.74) is 4.86. The van der Waals surface area contributed by atoms with Crippen molar-refractivity contribution in [2.75, 3.05) is 20.2 Å². The lowest BCUT2D eigenvalue weighted by Crippen LogP contribution is -2.73. The second-order valence-electron chi connectivity index (χ2n) is 8.27. The summed E-state index contributed by atoms with van der Waals surface area (Å²) in [6.45, 7) is 3.43. The Morgan fingerprint density at radius 2 is 1.65 bits per heavy atom. The van der Waals surface area contributed by atoms with Gasteiger partial charge in [-0.2, -0.15) is 4.31 Å². The van der Waals surface area contributed by atoms with E-state index >= 15 is 0 Å². The Kier molecular flexibility index (Phi) is 5.08. The number of piperidine rings is 1. The van der Waals surface area contributed by atoms with Gasteiger partial charge in [0, 0.05) is 37.2 Å². The van der Waals surface area contributed by atoms with Crippen molar-refractivity contribution in [2.24, 2.45) is 0 Å². The van der Waals surface area contributed by atoms with Crippen LogP contribution in [-0.4, -0.2) is 45.0 Å². The lowest BCUT2D eigenvalue weighted by Gasteiger charge is -2.57. The van der Waals surface area contributed by atoms with E-state index in [9.17, 15) is 8.42 Å². The summed E-state index contributed by atoms with van der Waals surface area (Å²) >= 11 is 0. The Hall–Kier alpha value is -2.67. The summed E-state index contributed by atoms with van der Waals surface area (Å²) in [5, 5.41) is 3.37. The first-order valence-corrected chi connectivity index (χ1v) is 12.0. The monoisotopic (exact) mass is 434 g/mol. The van der Waals surface area contributed by atoms with Crippen molar-refractivity contribution in [3.8, 4) is 16.9 Å². The maximum Gasteiger partial charge on any atom is 0.243 e. The van der Waals surface area contributed by atoms with E-state index in [1.807, 2.05) is 6.07 Å². The summed E-state index contributed by atoms with van der Waals surface area (Å²) in [5.74, 6) is 0.751. The van der Waals surface area contributed by atoms with E-state index in [4.69, 9.17) is 4.74 Å². The van der Waals surface area contributed by atoms with Gasteiger partial charge in [0.25, 0.3) is 0 Å². The normalized spacial score (nSPS) is 23.2. The smallest absolute Gasteiger partial charge is 0.243 e. The summed E-state index contributed by atoms with van der Waals surface area (Å²) in [7, 11) is -2.03. The van der Waals surface area contributed by atoms with Crippen LogP contribution in [0.4, 0.5) is 0 Å². The minimum absolute atomic E-state index is 0.0840. The first-order chi connectivity index (χ1) is 15.0. The molecular formula is C25H26N2O3S. The van der Waals surface area contributed by atoms with Gasteiger partial charge in [-0.25, -0.2) is 8.42 Å². The van der Waals surface area contributed by atoms with Crippen LogP contribution in [0.2, 0.25) is 0 Å². The Labute approximate surface area is 183 Å². The van der Waals surface area contributed by atoms with Crippen molar-refractivity contribution in [3.63, 3.8) is 0 Å². The van der Waals surface area contributed by atoms with Gasteiger partial charge < -0.3 is 10.1 Å². The second-order valence-corrected chi connectivity index (χ2v) is 10.1. The number of rotatable bonds is 5. The van der Waals surface area contributed by atoms with Gasteiger partial charge in [0.05, 0.1) is 12.0 Å². The van der Waals surface area contributed by atoms with Crippen molar-refractivity contribution in [1.29, 1.82) is 0 Å². The van der Waals surface area contributed by atoms with Crippen LogP contribution in [0.1, 0.15) is 17.0 Å². The first-order valence-electron chi connectivity index (χ1n) is 10.5. The highest BCUT2D eigenvalue weighted by atomic mass is 32.2. The molecule has 6 heteroatoms. The third-order valence-corrected chi connectivity index (χ3v) is 8.50. The Morgan fingerprint density at radius 3 is 2.32 bits per heavy atom. The van der Waals surface area contributed by atoms with Crippen molar-refractivity contribution >= 4 is 10.0 Å². The summed E-state index contributed by atoms with van der Waals surface area (Å²) < 4.78 is 33.7.